The number of aldehydes is 1. The van der Waals surface area contributed by atoms with Crippen LogP contribution in [0.15, 0.2) is 18.3 Å². The van der Waals surface area contributed by atoms with Crippen LogP contribution in [0.2, 0.25) is 0 Å². The minimum Gasteiger partial charge on any atom is -0.355 e. The fourth-order valence-corrected chi connectivity index (χ4v) is 2.69. The molecule has 15 heavy (non-hydrogen) atoms. The van der Waals surface area contributed by atoms with Crippen molar-refractivity contribution in [2.75, 3.05) is 23.7 Å². The minimum absolute atomic E-state index is 0.637. The molecular formula is C11H14N2OS. The van der Waals surface area contributed by atoms with Gasteiger partial charge in [-0.05, 0) is 12.1 Å². The van der Waals surface area contributed by atoms with E-state index in [4.69, 9.17) is 0 Å². The second-order valence-corrected chi connectivity index (χ2v) is 5.24. The number of rotatable bonds is 2. The van der Waals surface area contributed by atoms with Gasteiger partial charge in [0.15, 0.2) is 6.29 Å². The Morgan fingerprint density at radius 1 is 1.60 bits per heavy atom. The maximum Gasteiger partial charge on any atom is 0.151 e. The normalized spacial score (nSPS) is 21.4. The lowest BCUT2D eigenvalue weighted by Gasteiger charge is -2.31. The van der Waals surface area contributed by atoms with Gasteiger partial charge in [-0.25, -0.2) is 4.98 Å². The molecule has 0 saturated carbocycles. The summed E-state index contributed by atoms with van der Waals surface area (Å²) in [6, 6.07) is 3.74. The van der Waals surface area contributed by atoms with Crippen LogP contribution in [0.3, 0.4) is 0 Å². The highest BCUT2D eigenvalue weighted by Gasteiger charge is 2.17. The van der Waals surface area contributed by atoms with Gasteiger partial charge in [-0.2, -0.15) is 11.8 Å². The molecule has 0 spiro atoms. The molecule has 0 amide bonds. The molecule has 1 aliphatic rings. The van der Waals surface area contributed by atoms with Crippen LogP contribution in [0, 0.1) is 0 Å². The van der Waals surface area contributed by atoms with Gasteiger partial charge >= 0.3 is 0 Å². The second kappa shape index (κ2) is 4.66. The van der Waals surface area contributed by atoms with E-state index in [-0.39, 0.29) is 0 Å². The van der Waals surface area contributed by atoms with Crippen molar-refractivity contribution in [3.8, 4) is 0 Å². The Morgan fingerprint density at radius 3 is 3.07 bits per heavy atom. The molecule has 1 aromatic rings. The standard InChI is InChI=1S/C11H14N2OS/c1-9-7-13(4-5-15-9)11-3-2-10(8-14)6-12-11/h2-3,6,8-9H,4-5,7H2,1H3. The quantitative estimate of drug-likeness (QED) is 0.715. The molecule has 3 nitrogen and oxygen atoms in total. The average Bonchev–Trinajstić information content (AvgIpc) is 2.29. The number of aromatic nitrogens is 1. The highest BCUT2D eigenvalue weighted by atomic mass is 32.2. The van der Waals surface area contributed by atoms with Crippen LogP contribution in [0.4, 0.5) is 5.82 Å². The molecule has 0 radical (unpaired) electrons. The lowest BCUT2D eigenvalue weighted by molar-refractivity contribution is 0.112. The van der Waals surface area contributed by atoms with Crippen molar-refractivity contribution in [1.29, 1.82) is 0 Å². The van der Waals surface area contributed by atoms with Gasteiger partial charge in [0, 0.05) is 35.9 Å². The van der Waals surface area contributed by atoms with Crippen LogP contribution in [0.25, 0.3) is 0 Å². The number of carbonyl (C=O) groups is 1. The number of anilines is 1. The fraction of sp³-hybridized carbons (Fsp3) is 0.455. The van der Waals surface area contributed by atoms with Gasteiger partial charge < -0.3 is 4.90 Å². The van der Waals surface area contributed by atoms with Gasteiger partial charge in [0.25, 0.3) is 0 Å². The Kier molecular flexibility index (Phi) is 3.26. The number of thioether (sulfide) groups is 1. The Balaban J connectivity index is 2.11. The summed E-state index contributed by atoms with van der Waals surface area (Å²) in [5, 5.41) is 0.659. The molecule has 1 atom stereocenters. The van der Waals surface area contributed by atoms with Gasteiger partial charge in [-0.1, -0.05) is 6.92 Å². The largest absolute Gasteiger partial charge is 0.355 e. The number of nitrogens with zero attached hydrogens (tertiary/aromatic N) is 2. The summed E-state index contributed by atoms with van der Waals surface area (Å²) < 4.78 is 0. The van der Waals surface area contributed by atoms with E-state index in [1.54, 1.807) is 6.20 Å². The Labute approximate surface area is 93.9 Å². The topological polar surface area (TPSA) is 33.2 Å². The maximum absolute atomic E-state index is 10.5. The Bertz CT molecular complexity index is 339. The van der Waals surface area contributed by atoms with Crippen LogP contribution < -0.4 is 4.90 Å². The lowest BCUT2D eigenvalue weighted by Crippen LogP contribution is -2.37. The molecule has 2 rings (SSSR count). The summed E-state index contributed by atoms with van der Waals surface area (Å²) in [5.74, 6) is 2.13. The first-order chi connectivity index (χ1) is 7.29. The van der Waals surface area contributed by atoms with Crippen molar-refractivity contribution in [3.63, 3.8) is 0 Å². The third kappa shape index (κ3) is 2.50. The van der Waals surface area contributed by atoms with E-state index < -0.39 is 0 Å². The van der Waals surface area contributed by atoms with Crippen LogP contribution in [-0.2, 0) is 0 Å². The van der Waals surface area contributed by atoms with E-state index >= 15 is 0 Å². The molecule has 1 saturated heterocycles. The van der Waals surface area contributed by atoms with Crippen LogP contribution in [-0.4, -0.2) is 35.4 Å². The van der Waals surface area contributed by atoms with Gasteiger partial charge in [-0.3, -0.25) is 4.79 Å². The summed E-state index contributed by atoms with van der Waals surface area (Å²) in [7, 11) is 0. The molecular weight excluding hydrogens is 208 g/mol. The molecule has 0 bridgehead atoms. The third-order valence-corrected chi connectivity index (χ3v) is 3.61. The molecule has 80 valence electrons. The molecule has 1 aliphatic heterocycles. The Hall–Kier alpha value is -1.03. The monoisotopic (exact) mass is 222 g/mol. The van der Waals surface area contributed by atoms with Crippen LogP contribution in [0.5, 0.6) is 0 Å². The number of carbonyl (C=O) groups excluding carboxylic acids is 1. The summed E-state index contributed by atoms with van der Waals surface area (Å²) >= 11 is 2.00. The predicted molar refractivity (Wildman–Crippen MR) is 63.8 cm³/mol. The average molecular weight is 222 g/mol. The summed E-state index contributed by atoms with van der Waals surface area (Å²) in [6.07, 6.45) is 2.46. The zero-order valence-corrected chi connectivity index (χ0v) is 9.54. The highest BCUT2D eigenvalue weighted by Crippen LogP contribution is 2.21. The Morgan fingerprint density at radius 2 is 2.47 bits per heavy atom. The first kappa shape index (κ1) is 10.5. The van der Waals surface area contributed by atoms with Crippen molar-refractivity contribution in [2.24, 2.45) is 0 Å². The molecule has 1 fully saturated rings. The predicted octanol–water partition coefficient (Wildman–Crippen LogP) is 1.84. The second-order valence-electron chi connectivity index (χ2n) is 3.70. The molecule has 4 heteroatoms. The van der Waals surface area contributed by atoms with E-state index in [1.807, 2.05) is 23.9 Å². The van der Waals surface area contributed by atoms with Crippen molar-refractivity contribution in [1.82, 2.24) is 4.98 Å². The number of hydrogen-bond acceptors (Lipinski definition) is 4. The highest BCUT2D eigenvalue weighted by molar-refractivity contribution is 8.00. The molecule has 2 heterocycles. The number of pyridine rings is 1. The van der Waals surface area contributed by atoms with Crippen LogP contribution in [0.1, 0.15) is 17.3 Å². The van der Waals surface area contributed by atoms with Crippen molar-refractivity contribution in [3.05, 3.63) is 23.9 Å². The number of hydrogen-bond donors (Lipinski definition) is 0. The molecule has 1 aromatic heterocycles. The van der Waals surface area contributed by atoms with Crippen LogP contribution >= 0.6 is 11.8 Å². The van der Waals surface area contributed by atoms with E-state index in [9.17, 15) is 4.79 Å². The zero-order chi connectivity index (χ0) is 10.7. The zero-order valence-electron chi connectivity index (χ0n) is 8.72. The maximum atomic E-state index is 10.5. The SMILES string of the molecule is CC1CN(c2ccc(C=O)cn2)CCS1. The first-order valence-corrected chi connectivity index (χ1v) is 6.12. The van der Waals surface area contributed by atoms with Gasteiger partial charge in [0.05, 0.1) is 0 Å². The van der Waals surface area contributed by atoms with Crippen molar-refractivity contribution < 1.29 is 4.79 Å². The van der Waals surface area contributed by atoms with Crippen molar-refractivity contribution in [2.45, 2.75) is 12.2 Å². The summed E-state index contributed by atoms with van der Waals surface area (Å²) in [5.41, 5.74) is 0.637. The van der Waals surface area contributed by atoms with Crippen molar-refractivity contribution >= 4 is 23.9 Å². The van der Waals surface area contributed by atoms with Gasteiger partial charge in [0.2, 0.25) is 0 Å². The third-order valence-electron chi connectivity index (χ3n) is 2.47. The first-order valence-electron chi connectivity index (χ1n) is 5.07. The minimum atomic E-state index is 0.637. The van der Waals surface area contributed by atoms with E-state index in [1.165, 1.54) is 0 Å². The summed E-state index contributed by atoms with van der Waals surface area (Å²) in [4.78, 5) is 17.1. The molecule has 0 N–H and O–H groups in total. The van der Waals surface area contributed by atoms with Gasteiger partial charge in [0.1, 0.15) is 5.82 Å². The van der Waals surface area contributed by atoms with E-state index in [0.717, 1.165) is 30.9 Å². The fourth-order valence-electron chi connectivity index (χ4n) is 1.68. The smallest absolute Gasteiger partial charge is 0.151 e. The van der Waals surface area contributed by atoms with E-state index in [2.05, 4.69) is 16.8 Å². The van der Waals surface area contributed by atoms with Gasteiger partial charge in [-0.15, -0.1) is 0 Å². The lowest BCUT2D eigenvalue weighted by atomic mass is 10.3. The van der Waals surface area contributed by atoms with E-state index in [0.29, 0.717) is 10.8 Å². The molecule has 1 unspecified atom stereocenters. The molecule has 0 aromatic carbocycles. The molecule has 0 aliphatic carbocycles. The summed E-state index contributed by atoms with van der Waals surface area (Å²) in [6.45, 7) is 4.32.